The molecule has 0 spiro atoms. The zero-order chi connectivity index (χ0) is 17.6. The molecule has 7 nitrogen and oxygen atoms in total. The van der Waals surface area contributed by atoms with E-state index in [0.717, 1.165) is 11.1 Å². The molecule has 1 aromatic heterocycles. The van der Waals surface area contributed by atoms with E-state index < -0.39 is 23.7 Å². The molecule has 128 valence electrons. The van der Waals surface area contributed by atoms with Crippen molar-refractivity contribution in [3.8, 4) is 0 Å². The van der Waals surface area contributed by atoms with E-state index >= 15 is 0 Å². The highest BCUT2D eigenvalue weighted by molar-refractivity contribution is 5.79. The van der Waals surface area contributed by atoms with E-state index in [4.69, 9.17) is 4.74 Å². The summed E-state index contributed by atoms with van der Waals surface area (Å²) >= 11 is 0. The van der Waals surface area contributed by atoms with Gasteiger partial charge in [-0.1, -0.05) is 0 Å². The van der Waals surface area contributed by atoms with Crippen LogP contribution in [0.25, 0.3) is 0 Å². The van der Waals surface area contributed by atoms with Gasteiger partial charge in [0.15, 0.2) is 0 Å². The number of H-pyrrole nitrogens is 1. The zero-order valence-electron chi connectivity index (χ0n) is 13.9. The molecule has 0 aliphatic heterocycles. The molecule has 1 rings (SSSR count). The van der Waals surface area contributed by atoms with Crippen molar-refractivity contribution >= 4 is 12.1 Å². The van der Waals surface area contributed by atoms with E-state index in [1.165, 1.54) is 6.07 Å². The highest BCUT2D eigenvalue weighted by Gasteiger charge is 2.23. The van der Waals surface area contributed by atoms with Gasteiger partial charge in [-0.05, 0) is 58.1 Å². The Morgan fingerprint density at radius 1 is 1.39 bits per heavy atom. The third-order valence-corrected chi connectivity index (χ3v) is 3.17. The second kappa shape index (κ2) is 7.80. The van der Waals surface area contributed by atoms with E-state index in [9.17, 15) is 19.5 Å². The maximum Gasteiger partial charge on any atom is 0.408 e. The summed E-state index contributed by atoms with van der Waals surface area (Å²) in [5.74, 6) is -1.10. The Hall–Kier alpha value is -2.31. The van der Waals surface area contributed by atoms with Gasteiger partial charge in [0.05, 0.1) is 0 Å². The van der Waals surface area contributed by atoms with Crippen LogP contribution in [0, 0.1) is 6.92 Å². The van der Waals surface area contributed by atoms with Crippen LogP contribution in [0.15, 0.2) is 17.1 Å². The quantitative estimate of drug-likeness (QED) is 0.741. The summed E-state index contributed by atoms with van der Waals surface area (Å²) < 4.78 is 5.06. The lowest BCUT2D eigenvalue weighted by Gasteiger charge is -2.22. The molecular formula is C16H24N2O5. The summed E-state index contributed by atoms with van der Waals surface area (Å²) in [6, 6.07) is 0.496. The van der Waals surface area contributed by atoms with Gasteiger partial charge in [0.1, 0.15) is 11.6 Å². The van der Waals surface area contributed by atoms with Crippen LogP contribution in [0.4, 0.5) is 4.79 Å². The number of ether oxygens (including phenoxy) is 1. The maximum absolute atomic E-state index is 11.7. The van der Waals surface area contributed by atoms with Crippen molar-refractivity contribution in [2.24, 2.45) is 0 Å². The minimum absolute atomic E-state index is 0.166. The Morgan fingerprint density at radius 3 is 2.57 bits per heavy atom. The van der Waals surface area contributed by atoms with Gasteiger partial charge in [-0.3, -0.25) is 4.79 Å². The number of hydrogen-bond donors (Lipinski definition) is 3. The molecule has 0 saturated heterocycles. The van der Waals surface area contributed by atoms with Crippen molar-refractivity contribution in [3.63, 3.8) is 0 Å². The van der Waals surface area contributed by atoms with Crippen molar-refractivity contribution in [1.29, 1.82) is 0 Å². The summed E-state index contributed by atoms with van der Waals surface area (Å²) in [6.45, 7) is 6.96. The van der Waals surface area contributed by atoms with E-state index in [-0.39, 0.29) is 12.0 Å². The summed E-state index contributed by atoms with van der Waals surface area (Å²) in [4.78, 5) is 36.7. The number of amides is 1. The number of alkyl carbamates (subject to hydrolysis) is 1. The number of carboxylic acid groups (broad SMARTS) is 1. The lowest BCUT2D eigenvalue weighted by Crippen LogP contribution is -2.43. The first-order valence-corrected chi connectivity index (χ1v) is 7.49. The van der Waals surface area contributed by atoms with Gasteiger partial charge in [-0.2, -0.15) is 0 Å². The second-order valence-corrected chi connectivity index (χ2v) is 6.43. The van der Waals surface area contributed by atoms with Gasteiger partial charge in [0, 0.05) is 12.3 Å². The van der Waals surface area contributed by atoms with Gasteiger partial charge in [0.2, 0.25) is 5.56 Å². The predicted octanol–water partition coefficient (Wildman–Crippen LogP) is 1.98. The minimum atomic E-state index is -1.10. The van der Waals surface area contributed by atoms with Crippen LogP contribution >= 0.6 is 0 Å². The third kappa shape index (κ3) is 6.99. The van der Waals surface area contributed by atoms with Gasteiger partial charge in [-0.15, -0.1) is 0 Å². The van der Waals surface area contributed by atoms with Crippen LogP contribution in [0.3, 0.4) is 0 Å². The lowest BCUT2D eigenvalue weighted by molar-refractivity contribution is -0.139. The summed E-state index contributed by atoms with van der Waals surface area (Å²) in [7, 11) is 0. The lowest BCUT2D eigenvalue weighted by atomic mass is 10.0. The zero-order valence-corrected chi connectivity index (χ0v) is 13.9. The van der Waals surface area contributed by atoms with Crippen molar-refractivity contribution < 1.29 is 19.4 Å². The van der Waals surface area contributed by atoms with Crippen LogP contribution in [-0.4, -0.2) is 33.8 Å². The number of aryl methyl sites for hydroxylation is 2. The number of aromatic amines is 1. The van der Waals surface area contributed by atoms with Crippen molar-refractivity contribution in [2.45, 2.75) is 58.6 Å². The molecule has 7 heteroatoms. The Bertz CT molecular complexity index is 616. The molecule has 1 heterocycles. The average molecular weight is 324 g/mol. The topological polar surface area (TPSA) is 108 Å². The fraction of sp³-hybridized carbons (Fsp3) is 0.562. The van der Waals surface area contributed by atoms with Crippen molar-refractivity contribution in [1.82, 2.24) is 10.3 Å². The Labute approximate surface area is 135 Å². The van der Waals surface area contributed by atoms with Gasteiger partial charge in [-0.25, -0.2) is 9.59 Å². The Kier molecular flexibility index (Phi) is 6.36. The molecular weight excluding hydrogens is 300 g/mol. The number of carbonyl (C=O) groups is 2. The molecule has 1 unspecified atom stereocenters. The van der Waals surface area contributed by atoms with Crippen molar-refractivity contribution in [2.75, 3.05) is 0 Å². The van der Waals surface area contributed by atoms with E-state index in [2.05, 4.69) is 10.3 Å². The number of pyridine rings is 1. The highest BCUT2D eigenvalue weighted by atomic mass is 16.6. The third-order valence-electron chi connectivity index (χ3n) is 3.17. The van der Waals surface area contributed by atoms with E-state index in [1.807, 2.05) is 6.92 Å². The molecule has 23 heavy (non-hydrogen) atoms. The first kappa shape index (κ1) is 18.7. The van der Waals surface area contributed by atoms with Crippen LogP contribution in [0.1, 0.15) is 44.7 Å². The average Bonchev–Trinajstić information content (AvgIpc) is 2.37. The fourth-order valence-electron chi connectivity index (χ4n) is 2.08. The summed E-state index contributed by atoms with van der Waals surface area (Å²) in [6.07, 6.45) is 2.33. The number of hydrogen-bond acceptors (Lipinski definition) is 4. The molecule has 0 saturated carbocycles. The summed E-state index contributed by atoms with van der Waals surface area (Å²) in [5.41, 5.74) is 0.966. The van der Waals surface area contributed by atoms with Crippen LogP contribution in [0.5, 0.6) is 0 Å². The van der Waals surface area contributed by atoms with E-state index in [0.29, 0.717) is 12.8 Å². The van der Waals surface area contributed by atoms with Crippen molar-refractivity contribution in [3.05, 3.63) is 33.7 Å². The molecule has 0 aliphatic rings. The first-order chi connectivity index (χ1) is 10.6. The number of aromatic nitrogens is 1. The normalized spacial score (nSPS) is 12.5. The van der Waals surface area contributed by atoms with Crippen LogP contribution in [0.2, 0.25) is 0 Å². The fourth-order valence-corrected chi connectivity index (χ4v) is 2.08. The molecule has 1 amide bonds. The number of aliphatic carboxylic acids is 1. The largest absolute Gasteiger partial charge is 0.480 e. The molecule has 0 fully saturated rings. The number of carbonyl (C=O) groups excluding carboxylic acids is 1. The first-order valence-electron chi connectivity index (χ1n) is 7.49. The van der Waals surface area contributed by atoms with Gasteiger partial charge < -0.3 is 20.1 Å². The summed E-state index contributed by atoms with van der Waals surface area (Å²) in [5, 5.41) is 11.6. The molecule has 0 radical (unpaired) electrons. The molecule has 0 bridgehead atoms. The number of rotatable bonds is 6. The SMILES string of the molecule is Cc1cc(=O)[nH]cc1CCCC(NC(=O)OC(C)(C)C)C(=O)O. The predicted molar refractivity (Wildman–Crippen MR) is 85.5 cm³/mol. The number of nitrogens with one attached hydrogen (secondary N) is 2. The minimum Gasteiger partial charge on any atom is -0.480 e. The molecule has 1 atom stereocenters. The number of carboxylic acids is 1. The standard InChI is InChI=1S/C16H24N2O5/c1-10-8-13(19)17-9-11(10)6-5-7-12(14(20)21)18-15(22)23-16(2,3)4/h8-9,12H,5-7H2,1-4H3,(H,17,19)(H,18,22)(H,20,21). The van der Waals surface area contributed by atoms with Crippen LogP contribution in [-0.2, 0) is 16.0 Å². The van der Waals surface area contributed by atoms with Gasteiger partial charge >= 0.3 is 12.1 Å². The van der Waals surface area contributed by atoms with Crippen LogP contribution < -0.4 is 10.9 Å². The monoisotopic (exact) mass is 324 g/mol. The molecule has 0 aliphatic carbocycles. The Morgan fingerprint density at radius 2 is 2.04 bits per heavy atom. The molecule has 0 aromatic carbocycles. The highest BCUT2D eigenvalue weighted by Crippen LogP contribution is 2.11. The smallest absolute Gasteiger partial charge is 0.408 e. The van der Waals surface area contributed by atoms with Gasteiger partial charge in [0.25, 0.3) is 0 Å². The molecule has 1 aromatic rings. The second-order valence-electron chi connectivity index (χ2n) is 6.43. The molecule has 3 N–H and O–H groups in total. The van der Waals surface area contributed by atoms with E-state index in [1.54, 1.807) is 27.0 Å². The Balaban J connectivity index is 2.55. The maximum atomic E-state index is 11.7.